The number of carbonyl (C=O) groups is 1. The molecule has 0 aromatic carbocycles. The molecule has 0 saturated carbocycles. The van der Waals surface area contributed by atoms with E-state index in [0.717, 1.165) is 12.2 Å². The van der Waals surface area contributed by atoms with Crippen LogP contribution >= 0.6 is 34.3 Å². The summed E-state index contributed by atoms with van der Waals surface area (Å²) in [7, 11) is 1.96. The summed E-state index contributed by atoms with van der Waals surface area (Å²) in [5.41, 5.74) is 2.87. The van der Waals surface area contributed by atoms with E-state index in [4.69, 9.17) is 11.6 Å². The van der Waals surface area contributed by atoms with Crippen molar-refractivity contribution in [3.63, 3.8) is 0 Å². The zero-order valence-corrected chi connectivity index (χ0v) is 13.4. The Morgan fingerprint density at radius 2 is 2.26 bits per heavy atom. The van der Waals surface area contributed by atoms with Gasteiger partial charge in [0.05, 0.1) is 26.5 Å². The van der Waals surface area contributed by atoms with Crippen molar-refractivity contribution < 1.29 is 4.79 Å². The Morgan fingerprint density at radius 3 is 2.79 bits per heavy atom. The summed E-state index contributed by atoms with van der Waals surface area (Å²) < 4.78 is 0.650. The fourth-order valence-electron chi connectivity index (χ4n) is 1.69. The van der Waals surface area contributed by atoms with Gasteiger partial charge in [0.1, 0.15) is 0 Å². The van der Waals surface area contributed by atoms with E-state index in [1.807, 2.05) is 31.3 Å². The maximum Gasteiger partial charge on any atom is 0.189 e. The zero-order chi connectivity index (χ0) is 14.0. The number of halogens is 1. The van der Waals surface area contributed by atoms with Crippen LogP contribution in [0.5, 0.6) is 0 Å². The molecule has 0 aliphatic heterocycles. The number of thiazole rings is 1. The first kappa shape index (κ1) is 14.7. The predicted molar refractivity (Wildman–Crippen MR) is 81.4 cm³/mol. The Balaban J connectivity index is 2.05. The van der Waals surface area contributed by atoms with Gasteiger partial charge in [-0.1, -0.05) is 11.6 Å². The fraction of sp³-hybridized carbons (Fsp3) is 0.385. The number of ketones is 1. The lowest BCUT2D eigenvalue weighted by Gasteiger charge is -2.22. The van der Waals surface area contributed by atoms with Gasteiger partial charge < -0.3 is 0 Å². The van der Waals surface area contributed by atoms with Gasteiger partial charge in [0.15, 0.2) is 5.78 Å². The van der Waals surface area contributed by atoms with Crippen LogP contribution in [0.2, 0.25) is 4.34 Å². The number of aryl methyl sites for hydroxylation is 1. The summed E-state index contributed by atoms with van der Waals surface area (Å²) in [4.78, 5) is 20.5. The molecule has 0 saturated heterocycles. The van der Waals surface area contributed by atoms with E-state index in [1.165, 1.54) is 16.2 Å². The van der Waals surface area contributed by atoms with Crippen LogP contribution in [0.3, 0.4) is 0 Å². The SMILES string of the molecule is Cc1ncsc1CN(C)C(C)C(=O)c1ccc(Cl)s1. The summed E-state index contributed by atoms with van der Waals surface area (Å²) >= 11 is 8.83. The molecule has 0 radical (unpaired) electrons. The van der Waals surface area contributed by atoms with E-state index in [2.05, 4.69) is 4.98 Å². The van der Waals surface area contributed by atoms with E-state index in [9.17, 15) is 4.79 Å². The van der Waals surface area contributed by atoms with Crippen molar-refractivity contribution in [2.24, 2.45) is 0 Å². The number of thiophene rings is 1. The van der Waals surface area contributed by atoms with Crippen LogP contribution in [0.25, 0.3) is 0 Å². The van der Waals surface area contributed by atoms with Crippen LogP contribution in [0.15, 0.2) is 17.6 Å². The minimum atomic E-state index is -0.170. The van der Waals surface area contributed by atoms with Crippen molar-refractivity contribution in [3.05, 3.63) is 37.4 Å². The second kappa shape index (κ2) is 6.13. The smallest absolute Gasteiger partial charge is 0.189 e. The monoisotopic (exact) mass is 314 g/mol. The molecule has 19 heavy (non-hydrogen) atoms. The van der Waals surface area contributed by atoms with E-state index in [1.54, 1.807) is 23.5 Å². The highest BCUT2D eigenvalue weighted by molar-refractivity contribution is 7.18. The molecule has 0 aliphatic carbocycles. The lowest BCUT2D eigenvalue weighted by Crippen LogP contribution is -2.35. The summed E-state index contributed by atoms with van der Waals surface area (Å²) in [5.74, 6) is 0.113. The van der Waals surface area contributed by atoms with Crippen molar-refractivity contribution in [1.29, 1.82) is 0 Å². The van der Waals surface area contributed by atoms with Gasteiger partial charge in [0, 0.05) is 11.4 Å². The highest BCUT2D eigenvalue weighted by Gasteiger charge is 2.22. The number of rotatable bonds is 5. The van der Waals surface area contributed by atoms with Crippen LogP contribution in [-0.4, -0.2) is 28.8 Å². The minimum absolute atomic E-state index is 0.113. The molecule has 1 atom stereocenters. The highest BCUT2D eigenvalue weighted by Crippen LogP contribution is 2.24. The molecule has 6 heteroatoms. The number of aromatic nitrogens is 1. The van der Waals surface area contributed by atoms with Gasteiger partial charge in [-0.05, 0) is 33.0 Å². The second-order valence-corrected chi connectivity index (χ2v) is 7.07. The Bertz CT molecular complexity index is 579. The van der Waals surface area contributed by atoms with Gasteiger partial charge in [-0.15, -0.1) is 22.7 Å². The van der Waals surface area contributed by atoms with Crippen LogP contribution in [0, 0.1) is 6.92 Å². The molecule has 0 N–H and O–H groups in total. The zero-order valence-electron chi connectivity index (χ0n) is 11.0. The normalized spacial score (nSPS) is 12.9. The van der Waals surface area contributed by atoms with E-state index in [-0.39, 0.29) is 11.8 Å². The third kappa shape index (κ3) is 3.42. The van der Waals surface area contributed by atoms with Crippen molar-refractivity contribution >= 4 is 40.1 Å². The quantitative estimate of drug-likeness (QED) is 0.785. The van der Waals surface area contributed by atoms with E-state index < -0.39 is 0 Å². The van der Waals surface area contributed by atoms with Crippen molar-refractivity contribution in [2.75, 3.05) is 7.05 Å². The van der Waals surface area contributed by atoms with Gasteiger partial charge in [0.2, 0.25) is 0 Å². The molecule has 0 spiro atoms. The average Bonchev–Trinajstić information content (AvgIpc) is 2.97. The number of Topliss-reactive ketones (excluding diaryl/α,β-unsaturated/α-hetero) is 1. The van der Waals surface area contributed by atoms with Crippen molar-refractivity contribution in [1.82, 2.24) is 9.88 Å². The molecule has 0 fully saturated rings. The molecular formula is C13H15ClN2OS2. The van der Waals surface area contributed by atoms with Gasteiger partial charge in [0.25, 0.3) is 0 Å². The predicted octanol–water partition coefficient (Wildman–Crippen LogP) is 3.87. The van der Waals surface area contributed by atoms with Crippen LogP contribution in [-0.2, 0) is 6.54 Å². The first-order valence-corrected chi connectivity index (χ1v) is 7.95. The molecule has 2 heterocycles. The molecule has 2 aromatic heterocycles. The maximum atomic E-state index is 12.3. The number of hydrogen-bond donors (Lipinski definition) is 0. The Labute approximate surface area is 125 Å². The van der Waals surface area contributed by atoms with Gasteiger partial charge >= 0.3 is 0 Å². The van der Waals surface area contributed by atoms with Crippen molar-refractivity contribution in [3.8, 4) is 0 Å². The lowest BCUT2D eigenvalue weighted by molar-refractivity contribution is 0.0867. The van der Waals surface area contributed by atoms with Crippen LogP contribution in [0.4, 0.5) is 0 Å². The fourth-order valence-corrected chi connectivity index (χ4v) is 3.60. The summed E-state index contributed by atoms with van der Waals surface area (Å²) in [5, 5.41) is 0. The van der Waals surface area contributed by atoms with Crippen molar-refractivity contribution in [2.45, 2.75) is 26.4 Å². The molecule has 1 unspecified atom stereocenters. The first-order chi connectivity index (χ1) is 8.99. The third-order valence-corrected chi connectivity index (χ3v) is 5.26. The molecule has 0 aliphatic rings. The Hall–Kier alpha value is -0.750. The maximum absolute atomic E-state index is 12.3. The molecule has 102 valence electrons. The molecule has 2 rings (SSSR count). The first-order valence-electron chi connectivity index (χ1n) is 5.87. The molecule has 3 nitrogen and oxygen atoms in total. The summed E-state index contributed by atoms with van der Waals surface area (Å²) in [6, 6.07) is 3.38. The van der Waals surface area contributed by atoms with Gasteiger partial charge in [-0.3, -0.25) is 9.69 Å². The molecular weight excluding hydrogens is 300 g/mol. The molecule has 2 aromatic rings. The largest absolute Gasteiger partial charge is 0.291 e. The molecule has 0 bridgehead atoms. The highest BCUT2D eigenvalue weighted by atomic mass is 35.5. The summed E-state index contributed by atoms with van der Waals surface area (Å²) in [6.07, 6.45) is 0. The van der Waals surface area contributed by atoms with Crippen LogP contribution in [0.1, 0.15) is 27.2 Å². The Kier molecular flexibility index (Phi) is 4.73. The third-order valence-electron chi connectivity index (χ3n) is 3.09. The molecule has 0 amide bonds. The van der Waals surface area contributed by atoms with Crippen LogP contribution < -0.4 is 0 Å². The number of carbonyl (C=O) groups excluding carboxylic acids is 1. The standard InChI is InChI=1S/C13H15ClN2OS2/c1-8-11(18-7-15-8)6-16(3)9(2)13(17)10-4-5-12(14)19-10/h4-5,7,9H,6H2,1-3H3. The second-order valence-electron chi connectivity index (χ2n) is 4.42. The summed E-state index contributed by atoms with van der Waals surface area (Å²) in [6.45, 7) is 4.65. The van der Waals surface area contributed by atoms with Gasteiger partial charge in [-0.25, -0.2) is 4.98 Å². The Morgan fingerprint density at radius 1 is 1.53 bits per heavy atom. The van der Waals surface area contributed by atoms with Gasteiger partial charge in [-0.2, -0.15) is 0 Å². The number of hydrogen-bond acceptors (Lipinski definition) is 5. The van der Waals surface area contributed by atoms with E-state index in [0.29, 0.717) is 9.21 Å². The lowest BCUT2D eigenvalue weighted by atomic mass is 10.1. The number of likely N-dealkylation sites (N-methyl/N-ethyl adjacent to an activating group) is 1. The minimum Gasteiger partial charge on any atom is -0.291 e. The number of nitrogens with zero attached hydrogens (tertiary/aromatic N) is 2. The van der Waals surface area contributed by atoms with E-state index >= 15 is 0 Å². The topological polar surface area (TPSA) is 33.2 Å². The average molecular weight is 315 g/mol.